The summed E-state index contributed by atoms with van der Waals surface area (Å²) in [7, 11) is 1.91. The molecule has 2 N–H and O–H groups in total. The SMILES string of the molecule is CNCCC(O)c1cc(C(C)(C)C)ccc1C. The Hall–Kier alpha value is -0.860. The van der Waals surface area contributed by atoms with E-state index in [1.165, 1.54) is 11.1 Å². The number of hydrogen-bond acceptors (Lipinski definition) is 2. The van der Waals surface area contributed by atoms with Crippen molar-refractivity contribution in [2.45, 2.75) is 45.6 Å². The van der Waals surface area contributed by atoms with Gasteiger partial charge in [-0.3, -0.25) is 0 Å². The Morgan fingerprint density at radius 1 is 1.29 bits per heavy atom. The molecule has 1 rings (SSSR count). The summed E-state index contributed by atoms with van der Waals surface area (Å²) in [6.45, 7) is 9.48. The van der Waals surface area contributed by atoms with Gasteiger partial charge in [0, 0.05) is 0 Å². The van der Waals surface area contributed by atoms with Gasteiger partial charge in [-0.2, -0.15) is 0 Å². The van der Waals surface area contributed by atoms with E-state index in [4.69, 9.17) is 0 Å². The summed E-state index contributed by atoms with van der Waals surface area (Å²) >= 11 is 0. The van der Waals surface area contributed by atoms with Crippen LogP contribution in [0.4, 0.5) is 0 Å². The normalized spacial score (nSPS) is 13.8. The molecule has 1 unspecified atom stereocenters. The second-order valence-corrected chi connectivity index (χ2v) is 5.73. The molecule has 1 aromatic rings. The van der Waals surface area contributed by atoms with E-state index in [-0.39, 0.29) is 11.5 Å². The van der Waals surface area contributed by atoms with E-state index in [0.29, 0.717) is 0 Å². The highest BCUT2D eigenvalue weighted by atomic mass is 16.3. The molecule has 0 aliphatic carbocycles. The van der Waals surface area contributed by atoms with Crippen molar-refractivity contribution in [3.05, 3.63) is 34.9 Å². The molecule has 17 heavy (non-hydrogen) atoms. The van der Waals surface area contributed by atoms with Crippen molar-refractivity contribution in [2.75, 3.05) is 13.6 Å². The quantitative estimate of drug-likeness (QED) is 0.841. The minimum atomic E-state index is -0.371. The topological polar surface area (TPSA) is 32.3 Å². The third kappa shape index (κ3) is 3.83. The number of aryl methyl sites for hydroxylation is 1. The van der Waals surface area contributed by atoms with Gasteiger partial charge in [0.25, 0.3) is 0 Å². The fourth-order valence-corrected chi connectivity index (χ4v) is 1.90. The summed E-state index contributed by atoms with van der Waals surface area (Å²) in [4.78, 5) is 0. The van der Waals surface area contributed by atoms with Crippen LogP contribution in [-0.4, -0.2) is 18.7 Å². The van der Waals surface area contributed by atoms with Gasteiger partial charge in [-0.05, 0) is 49.0 Å². The van der Waals surface area contributed by atoms with Crippen molar-refractivity contribution in [3.63, 3.8) is 0 Å². The molecule has 0 aromatic heterocycles. The zero-order chi connectivity index (χ0) is 13.1. The van der Waals surface area contributed by atoms with Gasteiger partial charge in [0.05, 0.1) is 6.10 Å². The van der Waals surface area contributed by atoms with Gasteiger partial charge in [0.15, 0.2) is 0 Å². The van der Waals surface area contributed by atoms with Gasteiger partial charge < -0.3 is 10.4 Å². The maximum atomic E-state index is 10.2. The van der Waals surface area contributed by atoms with Crippen LogP contribution in [0.2, 0.25) is 0 Å². The smallest absolute Gasteiger partial charge is 0.0804 e. The van der Waals surface area contributed by atoms with Crippen molar-refractivity contribution in [1.29, 1.82) is 0 Å². The van der Waals surface area contributed by atoms with E-state index >= 15 is 0 Å². The van der Waals surface area contributed by atoms with Crippen LogP contribution in [0.15, 0.2) is 18.2 Å². The molecule has 0 radical (unpaired) electrons. The summed E-state index contributed by atoms with van der Waals surface area (Å²) in [5, 5.41) is 13.3. The van der Waals surface area contributed by atoms with Crippen molar-refractivity contribution in [3.8, 4) is 0 Å². The van der Waals surface area contributed by atoms with E-state index in [1.807, 2.05) is 7.05 Å². The third-order valence-corrected chi connectivity index (χ3v) is 3.17. The molecule has 2 nitrogen and oxygen atoms in total. The van der Waals surface area contributed by atoms with Gasteiger partial charge in [0.2, 0.25) is 0 Å². The Morgan fingerprint density at radius 3 is 2.47 bits per heavy atom. The number of hydrogen-bond donors (Lipinski definition) is 2. The average Bonchev–Trinajstić information content (AvgIpc) is 2.24. The lowest BCUT2D eigenvalue weighted by molar-refractivity contribution is 0.167. The molecule has 0 saturated carbocycles. The molecule has 1 aromatic carbocycles. The van der Waals surface area contributed by atoms with Crippen molar-refractivity contribution in [2.24, 2.45) is 0 Å². The second kappa shape index (κ2) is 5.65. The highest BCUT2D eigenvalue weighted by molar-refractivity contribution is 5.35. The molecule has 0 aliphatic rings. The summed E-state index contributed by atoms with van der Waals surface area (Å²) in [5.41, 5.74) is 3.64. The molecule has 2 heteroatoms. The summed E-state index contributed by atoms with van der Waals surface area (Å²) in [6.07, 6.45) is 0.384. The molecular weight excluding hydrogens is 210 g/mol. The first-order chi connectivity index (χ1) is 7.86. The van der Waals surface area contributed by atoms with Crippen molar-refractivity contribution < 1.29 is 5.11 Å². The van der Waals surface area contributed by atoms with Crippen LogP contribution >= 0.6 is 0 Å². The Kier molecular flexibility index (Phi) is 4.72. The predicted octanol–water partition coefficient (Wildman–Crippen LogP) is 2.94. The molecule has 0 aliphatic heterocycles. The highest BCUT2D eigenvalue weighted by Crippen LogP contribution is 2.28. The van der Waals surface area contributed by atoms with Gasteiger partial charge in [-0.1, -0.05) is 39.0 Å². The third-order valence-electron chi connectivity index (χ3n) is 3.17. The second-order valence-electron chi connectivity index (χ2n) is 5.73. The largest absolute Gasteiger partial charge is 0.388 e. The minimum absolute atomic E-state index is 0.130. The minimum Gasteiger partial charge on any atom is -0.388 e. The molecule has 0 fully saturated rings. The van der Waals surface area contributed by atoms with Gasteiger partial charge in [-0.25, -0.2) is 0 Å². The molecule has 0 amide bonds. The predicted molar refractivity (Wildman–Crippen MR) is 73.4 cm³/mol. The van der Waals surface area contributed by atoms with Crippen LogP contribution in [0, 0.1) is 6.92 Å². The van der Waals surface area contributed by atoms with Gasteiger partial charge in [-0.15, -0.1) is 0 Å². The summed E-state index contributed by atoms with van der Waals surface area (Å²) < 4.78 is 0. The van der Waals surface area contributed by atoms with Crippen LogP contribution in [-0.2, 0) is 5.41 Å². The first-order valence-electron chi connectivity index (χ1n) is 6.30. The maximum Gasteiger partial charge on any atom is 0.0804 e. The fourth-order valence-electron chi connectivity index (χ4n) is 1.90. The number of rotatable bonds is 4. The number of benzene rings is 1. The monoisotopic (exact) mass is 235 g/mol. The first-order valence-corrected chi connectivity index (χ1v) is 6.30. The zero-order valence-corrected chi connectivity index (χ0v) is 11.7. The van der Waals surface area contributed by atoms with Gasteiger partial charge >= 0.3 is 0 Å². The van der Waals surface area contributed by atoms with Crippen LogP contribution in [0.3, 0.4) is 0 Å². The molecule has 0 saturated heterocycles. The Balaban J connectivity index is 2.98. The first kappa shape index (κ1) is 14.2. The Bertz CT molecular complexity index is 366. The zero-order valence-electron chi connectivity index (χ0n) is 11.7. The maximum absolute atomic E-state index is 10.2. The van der Waals surface area contributed by atoms with E-state index in [9.17, 15) is 5.11 Å². The van der Waals surface area contributed by atoms with E-state index in [2.05, 4.69) is 51.2 Å². The van der Waals surface area contributed by atoms with E-state index in [0.717, 1.165) is 18.5 Å². The molecule has 0 spiro atoms. The fraction of sp³-hybridized carbons (Fsp3) is 0.600. The molecule has 0 bridgehead atoms. The number of aliphatic hydroxyl groups excluding tert-OH is 1. The standard InChI is InChI=1S/C15H25NO/c1-11-6-7-12(15(2,3)4)10-13(11)14(17)8-9-16-5/h6-7,10,14,16-17H,8-9H2,1-5H3. The van der Waals surface area contributed by atoms with Gasteiger partial charge in [0.1, 0.15) is 0 Å². The number of aliphatic hydroxyl groups is 1. The van der Waals surface area contributed by atoms with Crippen molar-refractivity contribution >= 4 is 0 Å². The number of nitrogens with one attached hydrogen (secondary N) is 1. The Morgan fingerprint density at radius 2 is 1.94 bits per heavy atom. The van der Waals surface area contributed by atoms with Crippen LogP contribution in [0.25, 0.3) is 0 Å². The van der Waals surface area contributed by atoms with Crippen molar-refractivity contribution in [1.82, 2.24) is 5.32 Å². The summed E-state index contributed by atoms with van der Waals surface area (Å²) in [6, 6.07) is 6.41. The molecule has 0 heterocycles. The molecule has 1 atom stereocenters. The van der Waals surface area contributed by atoms with E-state index < -0.39 is 0 Å². The lowest BCUT2D eigenvalue weighted by Crippen LogP contribution is -2.15. The molecule has 96 valence electrons. The average molecular weight is 235 g/mol. The van der Waals surface area contributed by atoms with Crippen LogP contribution < -0.4 is 5.32 Å². The summed E-state index contributed by atoms with van der Waals surface area (Å²) in [5.74, 6) is 0. The van der Waals surface area contributed by atoms with Crippen LogP contribution in [0.1, 0.15) is 50.0 Å². The van der Waals surface area contributed by atoms with E-state index in [1.54, 1.807) is 0 Å². The molecular formula is C15H25NO. The highest BCUT2D eigenvalue weighted by Gasteiger charge is 2.17. The lowest BCUT2D eigenvalue weighted by atomic mass is 9.84. The lowest BCUT2D eigenvalue weighted by Gasteiger charge is -2.22. The Labute approximate surface area is 105 Å². The van der Waals surface area contributed by atoms with Crippen LogP contribution in [0.5, 0.6) is 0 Å².